The van der Waals surface area contributed by atoms with Crippen LogP contribution in [0.25, 0.3) is 0 Å². The Kier molecular flexibility index (Phi) is 3.68. The highest BCUT2D eigenvalue weighted by Crippen LogP contribution is 2.23. The maximum absolute atomic E-state index is 10.6. The lowest BCUT2D eigenvalue weighted by molar-refractivity contribution is -0.145. The number of nitrogens with two attached hydrogens (primary N) is 1. The van der Waals surface area contributed by atoms with Gasteiger partial charge >= 0.3 is 5.97 Å². The first-order chi connectivity index (χ1) is 4.20. The number of carbonyl (C=O) groups excluding carboxylic acids is 1. The van der Waals surface area contributed by atoms with Crippen molar-refractivity contribution in [3.8, 4) is 0 Å². The molecule has 1 unspecified atom stereocenters. The van der Waals surface area contributed by atoms with Crippen LogP contribution in [0.1, 0.15) is 19.8 Å². The minimum absolute atomic E-state index is 0. The summed E-state index contributed by atoms with van der Waals surface area (Å²) in [6.45, 7) is 1.63. The van der Waals surface area contributed by atoms with Crippen molar-refractivity contribution in [1.29, 1.82) is 0 Å². The molecule has 0 aromatic rings. The zero-order valence-corrected chi connectivity index (χ0v) is 6.69. The minimum atomic E-state index is -0.467. The third-order valence-corrected chi connectivity index (χ3v) is 1.18. The van der Waals surface area contributed by atoms with Crippen molar-refractivity contribution in [2.75, 3.05) is 0 Å². The summed E-state index contributed by atoms with van der Waals surface area (Å²) in [6.07, 6.45) is 2.21. The fourth-order valence-corrected chi connectivity index (χ4v) is 0.457. The number of hydrogen-bond donors (Lipinski definition) is 1. The molecule has 4 heteroatoms. The maximum atomic E-state index is 10.6. The molecule has 1 aliphatic rings. The molecule has 1 fully saturated rings. The first-order valence-corrected chi connectivity index (χ1v) is 3.16. The van der Waals surface area contributed by atoms with Crippen LogP contribution in [-0.2, 0) is 9.53 Å². The lowest BCUT2D eigenvalue weighted by Crippen LogP contribution is -2.29. The van der Waals surface area contributed by atoms with E-state index in [0.717, 1.165) is 12.8 Å². The highest BCUT2D eigenvalue weighted by Gasteiger charge is 2.26. The standard InChI is InChI=1S/C6H11NO2.ClH/c1-4(7)6(8)9-5-2-3-5;/h4-5H,2-3,7H2,1H3;1H. The zero-order chi connectivity index (χ0) is 6.85. The van der Waals surface area contributed by atoms with E-state index in [1.54, 1.807) is 6.92 Å². The third kappa shape index (κ3) is 3.03. The summed E-state index contributed by atoms with van der Waals surface area (Å²) in [5, 5.41) is 0. The lowest BCUT2D eigenvalue weighted by atomic mass is 10.4. The topological polar surface area (TPSA) is 52.3 Å². The van der Waals surface area contributed by atoms with Gasteiger partial charge in [-0.05, 0) is 19.8 Å². The van der Waals surface area contributed by atoms with Gasteiger partial charge in [0.1, 0.15) is 12.1 Å². The van der Waals surface area contributed by atoms with Crippen LogP contribution in [0.2, 0.25) is 0 Å². The Morgan fingerprint density at radius 1 is 1.70 bits per heavy atom. The largest absolute Gasteiger partial charge is 0.461 e. The van der Waals surface area contributed by atoms with Crippen LogP contribution in [-0.4, -0.2) is 18.1 Å². The van der Waals surface area contributed by atoms with Gasteiger partial charge in [-0.2, -0.15) is 0 Å². The number of ether oxygens (including phenoxy) is 1. The van der Waals surface area contributed by atoms with E-state index >= 15 is 0 Å². The van der Waals surface area contributed by atoms with Crippen molar-refractivity contribution < 1.29 is 9.53 Å². The average molecular weight is 166 g/mol. The summed E-state index contributed by atoms with van der Waals surface area (Å²) in [7, 11) is 0. The van der Waals surface area contributed by atoms with E-state index in [1.165, 1.54) is 0 Å². The van der Waals surface area contributed by atoms with E-state index in [2.05, 4.69) is 0 Å². The van der Waals surface area contributed by atoms with Crippen molar-refractivity contribution >= 4 is 18.4 Å². The molecule has 60 valence electrons. The van der Waals surface area contributed by atoms with Gasteiger partial charge < -0.3 is 10.5 Å². The van der Waals surface area contributed by atoms with Gasteiger partial charge in [0.15, 0.2) is 0 Å². The molecule has 0 spiro atoms. The van der Waals surface area contributed by atoms with Crippen molar-refractivity contribution in [2.24, 2.45) is 5.73 Å². The van der Waals surface area contributed by atoms with Gasteiger partial charge in [0.25, 0.3) is 0 Å². The fraction of sp³-hybridized carbons (Fsp3) is 0.833. The van der Waals surface area contributed by atoms with E-state index in [-0.39, 0.29) is 24.5 Å². The SMILES string of the molecule is CC(N)C(=O)OC1CC1.Cl. The van der Waals surface area contributed by atoms with Crippen LogP contribution >= 0.6 is 12.4 Å². The fourth-order valence-electron chi connectivity index (χ4n) is 0.457. The Morgan fingerprint density at radius 3 is 2.50 bits per heavy atom. The molecule has 0 aliphatic heterocycles. The summed E-state index contributed by atoms with van der Waals surface area (Å²) in [5.74, 6) is -0.280. The summed E-state index contributed by atoms with van der Waals surface area (Å²) in [4.78, 5) is 10.6. The number of esters is 1. The molecule has 0 saturated heterocycles. The molecule has 2 N–H and O–H groups in total. The molecule has 1 rings (SSSR count). The van der Waals surface area contributed by atoms with E-state index in [9.17, 15) is 4.79 Å². The highest BCUT2D eigenvalue weighted by molar-refractivity contribution is 5.85. The number of halogens is 1. The van der Waals surface area contributed by atoms with E-state index in [4.69, 9.17) is 10.5 Å². The van der Waals surface area contributed by atoms with Gasteiger partial charge in [-0.25, -0.2) is 0 Å². The summed E-state index contributed by atoms with van der Waals surface area (Å²) < 4.78 is 4.86. The Morgan fingerprint density at radius 2 is 2.20 bits per heavy atom. The molecule has 0 heterocycles. The summed E-state index contributed by atoms with van der Waals surface area (Å²) in [6, 6.07) is -0.467. The van der Waals surface area contributed by atoms with Crippen LogP contribution in [0.3, 0.4) is 0 Å². The molecule has 0 aromatic heterocycles. The number of carbonyl (C=O) groups is 1. The first kappa shape index (κ1) is 9.72. The predicted octanol–water partition coefficient (Wildman–Crippen LogP) is 0.461. The lowest BCUT2D eigenvalue weighted by Gasteiger charge is -2.03. The van der Waals surface area contributed by atoms with E-state index in [0.29, 0.717) is 0 Å². The van der Waals surface area contributed by atoms with Crippen LogP contribution in [0.15, 0.2) is 0 Å². The molecule has 1 atom stereocenters. The van der Waals surface area contributed by atoms with E-state index in [1.807, 2.05) is 0 Å². The minimum Gasteiger partial charge on any atom is -0.461 e. The molecule has 0 radical (unpaired) electrons. The maximum Gasteiger partial charge on any atom is 0.322 e. The number of hydrogen-bond acceptors (Lipinski definition) is 3. The summed E-state index contributed by atoms with van der Waals surface area (Å²) >= 11 is 0. The Labute approximate surface area is 66.3 Å². The second-order valence-electron chi connectivity index (χ2n) is 2.42. The van der Waals surface area contributed by atoms with Gasteiger partial charge in [-0.15, -0.1) is 12.4 Å². The van der Waals surface area contributed by atoms with Crippen LogP contribution in [0.5, 0.6) is 0 Å². The van der Waals surface area contributed by atoms with E-state index < -0.39 is 6.04 Å². The molecule has 3 nitrogen and oxygen atoms in total. The molecule has 0 aromatic carbocycles. The number of rotatable bonds is 2. The van der Waals surface area contributed by atoms with Crippen LogP contribution in [0, 0.1) is 0 Å². The first-order valence-electron chi connectivity index (χ1n) is 3.16. The van der Waals surface area contributed by atoms with Gasteiger partial charge in [-0.3, -0.25) is 4.79 Å². The molecule has 1 saturated carbocycles. The van der Waals surface area contributed by atoms with Crippen molar-refractivity contribution in [3.05, 3.63) is 0 Å². The second kappa shape index (κ2) is 3.78. The quantitative estimate of drug-likeness (QED) is 0.605. The Hall–Kier alpha value is -0.280. The zero-order valence-electron chi connectivity index (χ0n) is 5.87. The second-order valence-corrected chi connectivity index (χ2v) is 2.42. The van der Waals surface area contributed by atoms with Gasteiger partial charge in [-0.1, -0.05) is 0 Å². The van der Waals surface area contributed by atoms with Crippen molar-refractivity contribution in [2.45, 2.75) is 31.9 Å². The van der Waals surface area contributed by atoms with Crippen molar-refractivity contribution in [3.63, 3.8) is 0 Å². The molecular formula is C6H12ClNO2. The monoisotopic (exact) mass is 165 g/mol. The molecular weight excluding hydrogens is 154 g/mol. The molecule has 1 aliphatic carbocycles. The van der Waals surface area contributed by atoms with Gasteiger partial charge in [0, 0.05) is 0 Å². The Bertz CT molecular complexity index is 123. The van der Waals surface area contributed by atoms with Gasteiger partial charge in [0.05, 0.1) is 0 Å². The third-order valence-electron chi connectivity index (χ3n) is 1.18. The molecule has 0 amide bonds. The molecule has 0 bridgehead atoms. The van der Waals surface area contributed by atoms with Crippen LogP contribution < -0.4 is 5.73 Å². The van der Waals surface area contributed by atoms with Gasteiger partial charge in [0.2, 0.25) is 0 Å². The average Bonchev–Trinajstić information content (AvgIpc) is 2.50. The van der Waals surface area contributed by atoms with Crippen molar-refractivity contribution in [1.82, 2.24) is 0 Å². The highest BCUT2D eigenvalue weighted by atomic mass is 35.5. The Balaban J connectivity index is 0.000000810. The summed E-state index contributed by atoms with van der Waals surface area (Å²) in [5.41, 5.74) is 5.24. The predicted molar refractivity (Wildman–Crippen MR) is 40.0 cm³/mol. The van der Waals surface area contributed by atoms with Crippen LogP contribution in [0.4, 0.5) is 0 Å². The normalized spacial score (nSPS) is 19.0. The smallest absolute Gasteiger partial charge is 0.322 e. The molecule has 10 heavy (non-hydrogen) atoms.